The molecule has 0 atom stereocenters. The van der Waals surface area contributed by atoms with E-state index < -0.39 is 52.8 Å². The van der Waals surface area contributed by atoms with E-state index in [2.05, 4.69) is 0 Å². The zero-order chi connectivity index (χ0) is 16.8. The molecule has 0 aromatic rings. The summed E-state index contributed by atoms with van der Waals surface area (Å²) in [5.41, 5.74) is 0. The van der Waals surface area contributed by atoms with Gasteiger partial charge in [0.2, 0.25) is 0 Å². The van der Waals surface area contributed by atoms with Gasteiger partial charge in [-0.05, 0) is 0 Å². The topological polar surface area (TPSA) is 60.7 Å². The van der Waals surface area contributed by atoms with Gasteiger partial charge in [-0.1, -0.05) is 0 Å². The predicted molar refractivity (Wildman–Crippen MR) is 52.1 cm³/mol. The molecule has 3 nitrogen and oxygen atoms in total. The highest BCUT2D eigenvalue weighted by Gasteiger charge is 2.44. The van der Waals surface area contributed by atoms with Gasteiger partial charge in [0.1, 0.15) is 0 Å². The van der Waals surface area contributed by atoms with Gasteiger partial charge in [0.25, 0.3) is 0 Å². The molecular formula is C6H10BF9O3Si. The zero-order valence-corrected chi connectivity index (χ0v) is 10.7. The third kappa shape index (κ3) is 22.7. The van der Waals surface area contributed by atoms with Gasteiger partial charge in [-0.2, -0.15) is 39.5 Å². The SMILES string of the molecule is FC(F)(F)C[SiH](CC(F)(F)F)CC(F)(F)F.OB(O)O. The van der Waals surface area contributed by atoms with Crippen LogP contribution in [0.4, 0.5) is 39.5 Å². The quantitative estimate of drug-likeness (QED) is 0.543. The minimum Gasteiger partial charge on any atom is -0.402 e. The molecule has 0 saturated heterocycles. The van der Waals surface area contributed by atoms with E-state index in [0.29, 0.717) is 0 Å². The van der Waals surface area contributed by atoms with Crippen LogP contribution >= 0.6 is 0 Å². The first-order chi connectivity index (χ1) is 8.52. The van der Waals surface area contributed by atoms with E-state index in [-0.39, 0.29) is 0 Å². The second kappa shape index (κ2) is 8.09. The lowest BCUT2D eigenvalue weighted by molar-refractivity contribution is -0.124. The van der Waals surface area contributed by atoms with Gasteiger partial charge in [-0.15, -0.1) is 0 Å². The standard InChI is InChI=1S/C6H7F9Si.BH3O3/c7-4(8,9)1-16(2-5(10,11)12)3-6(13,14)15;2-1(3)4/h16H,1-3H2;2-4H. The smallest absolute Gasteiger partial charge is 0.402 e. The van der Waals surface area contributed by atoms with Crippen LogP contribution in [0, 0.1) is 0 Å². The molecule has 0 heterocycles. The minimum atomic E-state index is -4.98. The van der Waals surface area contributed by atoms with E-state index in [1.807, 2.05) is 0 Å². The van der Waals surface area contributed by atoms with E-state index in [0.717, 1.165) is 0 Å². The lowest BCUT2D eigenvalue weighted by atomic mass is 10.3. The number of hydrogen-bond donors (Lipinski definition) is 3. The molecule has 0 aromatic heterocycles. The molecule has 0 aliphatic carbocycles. The van der Waals surface area contributed by atoms with Crippen molar-refractivity contribution in [3.05, 3.63) is 0 Å². The molecule has 14 heteroatoms. The molecule has 0 fully saturated rings. The van der Waals surface area contributed by atoms with Crippen molar-refractivity contribution in [3.8, 4) is 0 Å². The average Bonchev–Trinajstić information content (AvgIpc) is 1.88. The van der Waals surface area contributed by atoms with Crippen LogP contribution < -0.4 is 0 Å². The van der Waals surface area contributed by atoms with Crippen LogP contribution in [-0.4, -0.2) is 49.7 Å². The van der Waals surface area contributed by atoms with Crippen molar-refractivity contribution >= 4 is 16.1 Å². The summed E-state index contributed by atoms with van der Waals surface area (Å²) in [7, 11) is -6.15. The number of alkyl halides is 9. The maximum absolute atomic E-state index is 11.8. The normalized spacial score (nSPS) is 13.1. The molecule has 0 aliphatic rings. The Morgan fingerprint density at radius 3 is 0.850 bits per heavy atom. The molecule has 0 aliphatic heterocycles. The summed E-state index contributed by atoms with van der Waals surface area (Å²) < 4.78 is 106. The molecule has 0 unspecified atom stereocenters. The number of halogens is 9. The molecule has 3 N–H and O–H groups in total. The van der Waals surface area contributed by atoms with Crippen molar-refractivity contribution in [2.75, 3.05) is 0 Å². The van der Waals surface area contributed by atoms with Gasteiger partial charge in [0.05, 0.1) is 8.80 Å². The second-order valence-electron chi connectivity index (χ2n) is 3.67. The Bertz CT molecular complexity index is 223. The van der Waals surface area contributed by atoms with Crippen LogP contribution in [0.2, 0.25) is 18.1 Å². The number of hydrogen-bond acceptors (Lipinski definition) is 3. The van der Waals surface area contributed by atoms with Crippen LogP contribution in [0.3, 0.4) is 0 Å². The predicted octanol–water partition coefficient (Wildman–Crippen LogP) is 1.85. The summed E-state index contributed by atoms with van der Waals surface area (Å²) in [6.07, 6.45) is -14.9. The van der Waals surface area contributed by atoms with E-state index in [4.69, 9.17) is 15.1 Å². The number of rotatable bonds is 3. The maximum Gasteiger partial charge on any atom is 0.631 e. The summed E-state index contributed by atoms with van der Waals surface area (Å²) in [5, 5.41) is 21.5. The van der Waals surface area contributed by atoms with Crippen molar-refractivity contribution in [1.29, 1.82) is 0 Å². The lowest BCUT2D eigenvalue weighted by Crippen LogP contribution is -2.32. The molecule has 122 valence electrons. The maximum atomic E-state index is 11.8. The molecule has 0 spiro atoms. The Morgan fingerprint density at radius 2 is 0.750 bits per heavy atom. The van der Waals surface area contributed by atoms with Gasteiger partial charge in [0, 0.05) is 18.1 Å². The molecule has 0 aromatic carbocycles. The molecule has 0 bridgehead atoms. The lowest BCUT2D eigenvalue weighted by Gasteiger charge is -2.19. The Labute approximate surface area is 108 Å². The van der Waals surface area contributed by atoms with Crippen LogP contribution in [0.1, 0.15) is 0 Å². The first kappa shape index (κ1) is 21.8. The van der Waals surface area contributed by atoms with Crippen molar-refractivity contribution in [2.24, 2.45) is 0 Å². The highest BCUT2D eigenvalue weighted by atomic mass is 28.3. The molecule has 0 radical (unpaired) electrons. The van der Waals surface area contributed by atoms with Gasteiger partial charge in [-0.25, -0.2) is 0 Å². The summed E-state index contributed by atoms with van der Waals surface area (Å²) in [6.45, 7) is 0. The summed E-state index contributed by atoms with van der Waals surface area (Å²) in [4.78, 5) is 0. The Morgan fingerprint density at radius 1 is 0.600 bits per heavy atom. The fraction of sp³-hybridized carbons (Fsp3) is 1.00. The van der Waals surface area contributed by atoms with Crippen LogP contribution in [0.25, 0.3) is 0 Å². The summed E-state index contributed by atoms with van der Waals surface area (Å²) >= 11 is 0. The van der Waals surface area contributed by atoms with Gasteiger partial charge >= 0.3 is 25.9 Å². The molecule has 20 heavy (non-hydrogen) atoms. The molecular weight excluding hydrogens is 330 g/mol. The Kier molecular flexibility index (Phi) is 8.83. The monoisotopic (exact) mass is 340 g/mol. The second-order valence-corrected chi connectivity index (χ2v) is 6.63. The van der Waals surface area contributed by atoms with E-state index >= 15 is 0 Å². The average molecular weight is 340 g/mol. The Hall–Kier alpha value is -0.468. The van der Waals surface area contributed by atoms with Crippen molar-refractivity contribution < 1.29 is 54.6 Å². The third-order valence-corrected chi connectivity index (χ3v) is 4.68. The summed E-state index contributed by atoms with van der Waals surface area (Å²) in [6, 6.07) is -5.86. The largest absolute Gasteiger partial charge is 0.631 e. The van der Waals surface area contributed by atoms with E-state index in [9.17, 15) is 39.5 Å². The van der Waals surface area contributed by atoms with Crippen LogP contribution in [-0.2, 0) is 0 Å². The fourth-order valence-corrected chi connectivity index (χ4v) is 3.60. The highest BCUT2D eigenvalue weighted by molar-refractivity contribution is 6.59. The van der Waals surface area contributed by atoms with E-state index in [1.165, 1.54) is 0 Å². The van der Waals surface area contributed by atoms with Crippen LogP contribution in [0.5, 0.6) is 0 Å². The molecule has 0 saturated carbocycles. The van der Waals surface area contributed by atoms with E-state index in [1.54, 1.807) is 0 Å². The van der Waals surface area contributed by atoms with Crippen molar-refractivity contribution in [2.45, 2.75) is 36.7 Å². The molecule has 0 rings (SSSR count). The first-order valence-corrected chi connectivity index (χ1v) is 7.21. The zero-order valence-electron chi connectivity index (χ0n) is 9.52. The fourth-order valence-electron chi connectivity index (χ4n) is 1.20. The van der Waals surface area contributed by atoms with Crippen molar-refractivity contribution in [3.63, 3.8) is 0 Å². The minimum absolute atomic E-state index is 1.95. The Balaban J connectivity index is 0. The summed E-state index contributed by atoms with van der Waals surface area (Å²) in [5.74, 6) is 0. The van der Waals surface area contributed by atoms with Gasteiger partial charge in [0.15, 0.2) is 0 Å². The van der Waals surface area contributed by atoms with Crippen molar-refractivity contribution in [1.82, 2.24) is 0 Å². The third-order valence-electron chi connectivity index (χ3n) is 1.56. The molecule has 0 amide bonds. The highest BCUT2D eigenvalue weighted by Crippen LogP contribution is 2.35. The van der Waals surface area contributed by atoms with Crippen LogP contribution in [0.15, 0.2) is 0 Å². The van der Waals surface area contributed by atoms with Gasteiger partial charge in [-0.3, -0.25) is 0 Å². The van der Waals surface area contributed by atoms with Gasteiger partial charge < -0.3 is 15.1 Å². The first-order valence-electron chi connectivity index (χ1n) is 4.76.